The Kier molecular flexibility index (Phi) is 9.55. The van der Waals surface area contributed by atoms with Crippen LogP contribution in [0.2, 0.25) is 0 Å². The average Bonchev–Trinajstić information content (AvgIpc) is 2.77. The molecule has 2 amide bonds. The fraction of sp³-hybridized carbons (Fsp3) is 0.375. The summed E-state index contributed by atoms with van der Waals surface area (Å²) in [4.78, 5) is 36.7. The van der Waals surface area contributed by atoms with Crippen LogP contribution in [0.3, 0.4) is 0 Å². The Labute approximate surface area is 183 Å². The minimum Gasteiger partial charge on any atom is -0.497 e. The normalized spacial score (nSPS) is 11.3. The van der Waals surface area contributed by atoms with Gasteiger partial charge in [0.15, 0.2) is 6.61 Å². The maximum absolute atomic E-state index is 12.4. The van der Waals surface area contributed by atoms with Gasteiger partial charge in [0.1, 0.15) is 5.75 Å². The van der Waals surface area contributed by atoms with Crippen molar-refractivity contribution in [3.8, 4) is 5.75 Å². The highest BCUT2D eigenvalue weighted by atomic mass is 16.5. The first-order chi connectivity index (χ1) is 14.9. The molecule has 0 radical (unpaired) electrons. The molecule has 0 aliphatic rings. The van der Waals surface area contributed by atoms with Crippen LogP contribution in [0.5, 0.6) is 5.75 Å². The van der Waals surface area contributed by atoms with Gasteiger partial charge < -0.3 is 20.1 Å². The van der Waals surface area contributed by atoms with Gasteiger partial charge in [-0.1, -0.05) is 37.6 Å². The van der Waals surface area contributed by atoms with Gasteiger partial charge in [0.25, 0.3) is 5.91 Å². The van der Waals surface area contributed by atoms with E-state index < -0.39 is 5.97 Å². The number of nitrogens with one attached hydrogen (secondary N) is 2. The van der Waals surface area contributed by atoms with Crippen LogP contribution in [0, 0.1) is 0 Å². The zero-order chi connectivity index (χ0) is 22.6. The summed E-state index contributed by atoms with van der Waals surface area (Å²) in [5.41, 5.74) is 1.56. The lowest BCUT2D eigenvalue weighted by atomic mass is 10.1. The Balaban J connectivity index is 1.89. The minimum absolute atomic E-state index is 0.0217. The Hall–Kier alpha value is -3.35. The maximum Gasteiger partial charge on any atom is 0.340 e. The van der Waals surface area contributed by atoms with Crippen LogP contribution in [0.4, 0.5) is 5.69 Å². The van der Waals surface area contributed by atoms with Crippen molar-refractivity contribution in [1.29, 1.82) is 0 Å². The van der Waals surface area contributed by atoms with E-state index in [4.69, 9.17) is 9.47 Å². The van der Waals surface area contributed by atoms with Crippen LogP contribution in [0.25, 0.3) is 0 Å². The molecule has 2 aromatic rings. The number of amides is 2. The van der Waals surface area contributed by atoms with E-state index in [2.05, 4.69) is 10.6 Å². The van der Waals surface area contributed by atoms with Crippen LogP contribution < -0.4 is 15.4 Å². The molecule has 0 spiro atoms. The number of ether oxygens (including phenoxy) is 2. The number of hydrogen-bond acceptors (Lipinski definition) is 5. The lowest BCUT2D eigenvalue weighted by Crippen LogP contribution is -2.35. The minimum atomic E-state index is -0.663. The third-order valence-electron chi connectivity index (χ3n) is 4.68. The third kappa shape index (κ3) is 8.12. The zero-order valence-corrected chi connectivity index (χ0v) is 18.3. The van der Waals surface area contributed by atoms with Crippen LogP contribution >= 0.6 is 0 Å². The van der Waals surface area contributed by atoms with E-state index in [-0.39, 0.29) is 36.4 Å². The predicted molar refractivity (Wildman–Crippen MR) is 119 cm³/mol. The number of aryl methyl sites for hydroxylation is 1. The Bertz CT molecular complexity index is 880. The number of carbonyl (C=O) groups excluding carboxylic acids is 3. The number of esters is 1. The van der Waals surface area contributed by atoms with Crippen molar-refractivity contribution in [3.05, 3.63) is 59.7 Å². The van der Waals surface area contributed by atoms with Crippen molar-refractivity contribution >= 4 is 23.5 Å². The highest BCUT2D eigenvalue weighted by Gasteiger charge is 2.16. The fourth-order valence-corrected chi connectivity index (χ4v) is 3.06. The number of carbonyl (C=O) groups is 3. The lowest BCUT2D eigenvalue weighted by Gasteiger charge is -2.14. The van der Waals surface area contributed by atoms with Gasteiger partial charge >= 0.3 is 5.97 Å². The largest absolute Gasteiger partial charge is 0.497 e. The number of rotatable bonds is 11. The molecule has 1 atom stereocenters. The molecule has 0 fully saturated rings. The Morgan fingerprint density at radius 2 is 1.71 bits per heavy atom. The molecular weight excluding hydrogens is 396 g/mol. The van der Waals surface area contributed by atoms with Gasteiger partial charge in [0.05, 0.1) is 18.4 Å². The van der Waals surface area contributed by atoms with Crippen molar-refractivity contribution in [2.24, 2.45) is 0 Å². The smallest absolute Gasteiger partial charge is 0.340 e. The molecule has 7 heteroatoms. The van der Waals surface area contributed by atoms with E-state index in [9.17, 15) is 14.4 Å². The summed E-state index contributed by atoms with van der Waals surface area (Å²) in [5.74, 6) is -0.476. The summed E-state index contributed by atoms with van der Waals surface area (Å²) in [6.07, 6.45) is 2.61. The lowest BCUT2D eigenvalue weighted by molar-refractivity contribution is -0.124. The first-order valence-electron chi connectivity index (χ1n) is 10.4. The molecule has 0 saturated carbocycles. The van der Waals surface area contributed by atoms with Crippen LogP contribution in [0.1, 0.15) is 49.0 Å². The summed E-state index contributed by atoms with van der Waals surface area (Å²) in [7, 11) is 1.60. The van der Waals surface area contributed by atoms with E-state index in [1.54, 1.807) is 31.4 Å². The summed E-state index contributed by atoms with van der Waals surface area (Å²) < 4.78 is 10.3. The van der Waals surface area contributed by atoms with Crippen molar-refractivity contribution in [2.75, 3.05) is 19.0 Å². The third-order valence-corrected chi connectivity index (χ3v) is 4.68. The molecule has 0 saturated heterocycles. The molecule has 0 heterocycles. The van der Waals surface area contributed by atoms with E-state index in [0.29, 0.717) is 12.1 Å². The zero-order valence-electron chi connectivity index (χ0n) is 18.3. The molecule has 0 unspecified atom stereocenters. The second kappa shape index (κ2) is 12.4. The molecule has 2 N–H and O–H groups in total. The van der Waals surface area contributed by atoms with Gasteiger partial charge in [-0.15, -0.1) is 0 Å². The summed E-state index contributed by atoms with van der Waals surface area (Å²) in [6.45, 7) is 3.57. The molecule has 31 heavy (non-hydrogen) atoms. The van der Waals surface area contributed by atoms with Crippen molar-refractivity contribution in [1.82, 2.24) is 5.32 Å². The SMILES string of the molecule is CCC[C@@H](C)NC(=O)COC(=O)c1ccccc1NC(=O)CCc1ccc(OC)cc1. The first-order valence-corrected chi connectivity index (χ1v) is 10.4. The van der Waals surface area contributed by atoms with E-state index in [1.165, 1.54) is 0 Å². The first kappa shape index (κ1) is 23.9. The standard InChI is InChI=1S/C24H30N2O5/c1-4-7-17(2)25-23(28)16-31-24(29)20-8-5-6-9-21(20)26-22(27)15-12-18-10-13-19(30-3)14-11-18/h5-6,8-11,13-14,17H,4,7,12,15-16H2,1-3H3,(H,25,28)(H,26,27)/t17-/m1/s1. The predicted octanol–water partition coefficient (Wildman–Crippen LogP) is 3.73. The number of methoxy groups -OCH3 is 1. The molecule has 0 aromatic heterocycles. The summed E-state index contributed by atoms with van der Waals surface area (Å²) >= 11 is 0. The number of anilines is 1. The highest BCUT2D eigenvalue weighted by Crippen LogP contribution is 2.17. The summed E-state index contributed by atoms with van der Waals surface area (Å²) in [5, 5.41) is 5.54. The van der Waals surface area contributed by atoms with Gasteiger partial charge in [-0.3, -0.25) is 9.59 Å². The van der Waals surface area contributed by atoms with E-state index >= 15 is 0 Å². The number of benzene rings is 2. The maximum atomic E-state index is 12.4. The molecule has 0 aliphatic carbocycles. The average molecular weight is 427 g/mol. The van der Waals surface area contributed by atoms with Crippen molar-refractivity contribution in [2.45, 2.75) is 45.6 Å². The Morgan fingerprint density at radius 1 is 1.00 bits per heavy atom. The van der Waals surface area contributed by atoms with Crippen LogP contribution in [-0.4, -0.2) is 37.5 Å². The van der Waals surface area contributed by atoms with Crippen LogP contribution in [-0.2, 0) is 20.7 Å². The quantitative estimate of drug-likeness (QED) is 0.534. The number of para-hydroxylation sites is 1. The van der Waals surface area contributed by atoms with Gasteiger partial charge in [-0.2, -0.15) is 0 Å². The Morgan fingerprint density at radius 3 is 2.39 bits per heavy atom. The molecule has 2 aromatic carbocycles. The molecule has 7 nitrogen and oxygen atoms in total. The van der Waals surface area contributed by atoms with E-state index in [0.717, 1.165) is 24.2 Å². The molecule has 0 bridgehead atoms. The molecule has 2 rings (SSSR count). The molecular formula is C24H30N2O5. The highest BCUT2D eigenvalue weighted by molar-refractivity contribution is 6.01. The van der Waals surface area contributed by atoms with Crippen molar-refractivity contribution in [3.63, 3.8) is 0 Å². The van der Waals surface area contributed by atoms with Crippen LogP contribution in [0.15, 0.2) is 48.5 Å². The van der Waals surface area contributed by atoms with E-state index in [1.807, 2.05) is 38.1 Å². The number of hydrogen-bond donors (Lipinski definition) is 2. The van der Waals surface area contributed by atoms with Gasteiger partial charge in [-0.05, 0) is 49.6 Å². The topological polar surface area (TPSA) is 93.7 Å². The van der Waals surface area contributed by atoms with Gasteiger partial charge in [0, 0.05) is 12.5 Å². The second-order valence-electron chi connectivity index (χ2n) is 7.28. The monoisotopic (exact) mass is 426 g/mol. The molecule has 0 aliphatic heterocycles. The second-order valence-corrected chi connectivity index (χ2v) is 7.28. The molecule has 166 valence electrons. The summed E-state index contributed by atoms with van der Waals surface area (Å²) in [6, 6.07) is 14.1. The van der Waals surface area contributed by atoms with Gasteiger partial charge in [-0.25, -0.2) is 4.79 Å². The fourth-order valence-electron chi connectivity index (χ4n) is 3.06. The van der Waals surface area contributed by atoms with Crippen molar-refractivity contribution < 1.29 is 23.9 Å². The van der Waals surface area contributed by atoms with Gasteiger partial charge in [0.2, 0.25) is 5.91 Å².